The molecule has 0 saturated carbocycles. The van der Waals surface area contributed by atoms with Gasteiger partial charge in [0.1, 0.15) is 5.60 Å². The van der Waals surface area contributed by atoms with Crippen LogP contribution in [0.15, 0.2) is 48.5 Å². The van der Waals surface area contributed by atoms with Crippen molar-refractivity contribution < 1.29 is 23.0 Å². The number of aliphatic hydroxyl groups is 1. The second-order valence-corrected chi connectivity index (χ2v) is 7.71. The Morgan fingerprint density at radius 2 is 1.83 bits per heavy atom. The van der Waals surface area contributed by atoms with Gasteiger partial charge in [0.25, 0.3) is 0 Å². The largest absolute Gasteiger partial charge is 0.454 e. The molecule has 0 saturated heterocycles. The van der Waals surface area contributed by atoms with Crippen molar-refractivity contribution in [2.75, 3.05) is 13.3 Å². The van der Waals surface area contributed by atoms with E-state index in [0.717, 1.165) is 0 Å². The van der Waals surface area contributed by atoms with Crippen molar-refractivity contribution >= 4 is 10.0 Å². The van der Waals surface area contributed by atoms with E-state index in [1.807, 2.05) is 6.07 Å². The molecule has 7 heteroatoms. The molecule has 24 heavy (non-hydrogen) atoms. The van der Waals surface area contributed by atoms with Crippen molar-refractivity contribution in [2.45, 2.75) is 18.3 Å². The number of benzene rings is 2. The van der Waals surface area contributed by atoms with Gasteiger partial charge < -0.3 is 14.6 Å². The van der Waals surface area contributed by atoms with E-state index in [1.165, 1.54) is 0 Å². The minimum Gasteiger partial charge on any atom is -0.454 e. The van der Waals surface area contributed by atoms with Crippen LogP contribution in [0.5, 0.6) is 11.5 Å². The quantitative estimate of drug-likeness (QED) is 0.830. The first-order valence-corrected chi connectivity index (χ1v) is 9.15. The molecular formula is C17H19NO5S. The van der Waals surface area contributed by atoms with Gasteiger partial charge in [-0.15, -0.1) is 0 Å². The van der Waals surface area contributed by atoms with Gasteiger partial charge in [0.15, 0.2) is 11.5 Å². The molecule has 1 heterocycles. The Bertz CT molecular complexity index is 818. The van der Waals surface area contributed by atoms with Crippen molar-refractivity contribution in [1.29, 1.82) is 0 Å². The molecule has 0 aromatic heterocycles. The molecule has 0 fully saturated rings. The Labute approximate surface area is 141 Å². The first-order chi connectivity index (χ1) is 11.4. The Morgan fingerprint density at radius 1 is 1.12 bits per heavy atom. The van der Waals surface area contributed by atoms with Gasteiger partial charge in [-0.05, 0) is 30.2 Å². The highest BCUT2D eigenvalue weighted by atomic mass is 32.2. The number of hydrogen-bond acceptors (Lipinski definition) is 5. The summed E-state index contributed by atoms with van der Waals surface area (Å²) in [5, 5.41) is 10.6. The van der Waals surface area contributed by atoms with Crippen LogP contribution in [0.3, 0.4) is 0 Å². The van der Waals surface area contributed by atoms with Gasteiger partial charge in [0, 0.05) is 6.54 Å². The lowest BCUT2D eigenvalue weighted by Crippen LogP contribution is -2.39. The van der Waals surface area contributed by atoms with Gasteiger partial charge in [-0.1, -0.05) is 36.4 Å². The van der Waals surface area contributed by atoms with Gasteiger partial charge in [-0.25, -0.2) is 13.1 Å². The lowest BCUT2D eigenvalue weighted by molar-refractivity contribution is 0.0625. The molecule has 3 rings (SSSR count). The summed E-state index contributed by atoms with van der Waals surface area (Å²) in [6, 6.07) is 13.9. The third-order valence-electron chi connectivity index (χ3n) is 3.83. The van der Waals surface area contributed by atoms with Crippen LogP contribution in [0.25, 0.3) is 0 Å². The van der Waals surface area contributed by atoms with Gasteiger partial charge >= 0.3 is 0 Å². The van der Waals surface area contributed by atoms with Crippen LogP contribution in [0.2, 0.25) is 0 Å². The summed E-state index contributed by atoms with van der Waals surface area (Å²) >= 11 is 0. The minimum absolute atomic E-state index is 0.134. The predicted molar refractivity (Wildman–Crippen MR) is 89.2 cm³/mol. The molecule has 2 N–H and O–H groups in total. The second kappa shape index (κ2) is 6.43. The molecule has 6 nitrogen and oxygen atoms in total. The van der Waals surface area contributed by atoms with E-state index in [0.29, 0.717) is 22.6 Å². The average molecular weight is 349 g/mol. The highest BCUT2D eigenvalue weighted by molar-refractivity contribution is 7.88. The number of nitrogens with one attached hydrogen (secondary N) is 1. The van der Waals surface area contributed by atoms with Crippen molar-refractivity contribution in [2.24, 2.45) is 0 Å². The van der Waals surface area contributed by atoms with E-state index in [1.54, 1.807) is 49.4 Å². The summed E-state index contributed by atoms with van der Waals surface area (Å²) in [6.07, 6.45) is 0. The summed E-state index contributed by atoms with van der Waals surface area (Å²) < 4.78 is 37.4. The standard InChI is InChI=1S/C17H19NO5S/c1-17(19,14-7-8-15-16(9-14)23-12-22-15)11-18-24(20,21)10-13-5-3-2-4-6-13/h2-9,18-19H,10-12H2,1H3/t17-/m1/s1. The van der Waals surface area contributed by atoms with Gasteiger partial charge in [-0.3, -0.25) is 0 Å². The fourth-order valence-corrected chi connectivity index (χ4v) is 3.66. The molecule has 0 aliphatic carbocycles. The molecule has 2 aromatic carbocycles. The summed E-state index contributed by atoms with van der Waals surface area (Å²) in [6.45, 7) is 1.56. The van der Waals surface area contributed by atoms with E-state index in [9.17, 15) is 13.5 Å². The van der Waals surface area contributed by atoms with Crippen LogP contribution >= 0.6 is 0 Å². The van der Waals surface area contributed by atoms with Crippen molar-refractivity contribution in [1.82, 2.24) is 4.72 Å². The van der Waals surface area contributed by atoms with Crippen molar-refractivity contribution in [3.8, 4) is 11.5 Å². The summed E-state index contributed by atoms with van der Waals surface area (Å²) in [4.78, 5) is 0. The average Bonchev–Trinajstić information content (AvgIpc) is 3.01. The Morgan fingerprint density at radius 3 is 2.58 bits per heavy atom. The smallest absolute Gasteiger partial charge is 0.231 e. The first-order valence-electron chi connectivity index (χ1n) is 7.49. The maximum Gasteiger partial charge on any atom is 0.231 e. The number of hydrogen-bond donors (Lipinski definition) is 2. The van der Waals surface area contributed by atoms with Crippen molar-refractivity contribution in [3.63, 3.8) is 0 Å². The van der Waals surface area contributed by atoms with Crippen molar-refractivity contribution in [3.05, 3.63) is 59.7 Å². The summed E-state index contributed by atoms with van der Waals surface area (Å²) in [5.74, 6) is 1.02. The lowest BCUT2D eigenvalue weighted by Gasteiger charge is -2.24. The zero-order chi connectivity index (χ0) is 17.2. The van der Waals surface area contributed by atoms with E-state index >= 15 is 0 Å². The van der Waals surface area contributed by atoms with Crippen LogP contribution in [0.4, 0.5) is 0 Å². The van der Waals surface area contributed by atoms with E-state index in [2.05, 4.69) is 4.72 Å². The van der Waals surface area contributed by atoms with Crippen LogP contribution in [-0.4, -0.2) is 26.9 Å². The lowest BCUT2D eigenvalue weighted by atomic mass is 9.96. The Hall–Kier alpha value is -2.09. The van der Waals surface area contributed by atoms with Crippen LogP contribution < -0.4 is 14.2 Å². The monoisotopic (exact) mass is 349 g/mol. The van der Waals surface area contributed by atoms with Crippen LogP contribution in [-0.2, 0) is 21.4 Å². The molecule has 1 aliphatic rings. The fourth-order valence-electron chi connectivity index (χ4n) is 2.43. The first kappa shape index (κ1) is 16.8. The molecule has 0 amide bonds. The highest BCUT2D eigenvalue weighted by Crippen LogP contribution is 2.35. The van der Waals surface area contributed by atoms with Gasteiger partial charge in [-0.2, -0.15) is 0 Å². The summed E-state index contributed by atoms with van der Waals surface area (Å²) in [7, 11) is -3.55. The number of ether oxygens (including phenoxy) is 2. The zero-order valence-corrected chi connectivity index (χ0v) is 14.0. The molecule has 0 unspecified atom stereocenters. The fraction of sp³-hybridized carbons (Fsp3) is 0.294. The Kier molecular flexibility index (Phi) is 4.49. The third-order valence-corrected chi connectivity index (χ3v) is 5.13. The third kappa shape index (κ3) is 3.87. The molecule has 0 radical (unpaired) electrons. The van der Waals surface area contributed by atoms with Gasteiger partial charge in [0.2, 0.25) is 16.8 Å². The van der Waals surface area contributed by atoms with Gasteiger partial charge in [0.05, 0.1) is 5.75 Å². The number of fused-ring (bicyclic) bond motifs is 1. The number of rotatable bonds is 6. The minimum atomic E-state index is -3.55. The number of sulfonamides is 1. The molecule has 1 aliphatic heterocycles. The normalized spacial score (nSPS) is 15.9. The maximum absolute atomic E-state index is 12.2. The highest BCUT2D eigenvalue weighted by Gasteiger charge is 2.28. The van der Waals surface area contributed by atoms with E-state index in [-0.39, 0.29) is 19.1 Å². The second-order valence-electron chi connectivity index (χ2n) is 5.91. The van der Waals surface area contributed by atoms with Crippen LogP contribution in [0, 0.1) is 0 Å². The molecule has 0 bridgehead atoms. The Balaban J connectivity index is 1.68. The molecule has 128 valence electrons. The molecule has 0 spiro atoms. The van der Waals surface area contributed by atoms with Crippen LogP contribution in [0.1, 0.15) is 18.1 Å². The molecule has 2 aromatic rings. The molecular weight excluding hydrogens is 330 g/mol. The van der Waals surface area contributed by atoms with E-state index in [4.69, 9.17) is 9.47 Å². The molecule has 1 atom stereocenters. The van der Waals surface area contributed by atoms with E-state index < -0.39 is 15.6 Å². The zero-order valence-electron chi connectivity index (χ0n) is 13.2. The maximum atomic E-state index is 12.2. The topological polar surface area (TPSA) is 84.9 Å². The summed E-state index contributed by atoms with van der Waals surface area (Å²) in [5.41, 5.74) is -0.132. The predicted octanol–water partition coefficient (Wildman–Crippen LogP) is 1.74. The SMILES string of the molecule is C[C@@](O)(CNS(=O)(=O)Cc1ccccc1)c1ccc2c(c1)OCO2.